The molecular formula is C12H27NO. The van der Waals surface area contributed by atoms with Crippen molar-refractivity contribution in [1.82, 2.24) is 5.32 Å². The maximum atomic E-state index is 7.57. The maximum absolute atomic E-state index is 7.57. The maximum Gasteiger partial charge on any atom is 0.0402 e. The van der Waals surface area contributed by atoms with Crippen molar-refractivity contribution in [2.75, 3.05) is 13.7 Å². The molecule has 0 amide bonds. The first-order valence-electron chi connectivity index (χ1n) is 6.08. The fourth-order valence-electron chi connectivity index (χ4n) is 2.30. The molecule has 0 aliphatic heterocycles. The summed E-state index contributed by atoms with van der Waals surface area (Å²) in [7, 11) is 2.11. The molecule has 0 heterocycles. The number of nitrogens with one attached hydrogen (secondary N) is 1. The predicted octanol–water partition coefficient (Wildman–Crippen LogP) is 2.56. The minimum absolute atomic E-state index is 0.250. The van der Waals surface area contributed by atoms with E-state index in [2.05, 4.69) is 19.3 Å². The van der Waals surface area contributed by atoms with Crippen LogP contribution in [0.5, 0.6) is 0 Å². The van der Waals surface area contributed by atoms with E-state index in [1.54, 1.807) is 6.92 Å². The van der Waals surface area contributed by atoms with Gasteiger partial charge in [-0.15, -0.1) is 0 Å². The highest BCUT2D eigenvalue weighted by Gasteiger charge is 2.22. The lowest BCUT2D eigenvalue weighted by atomic mass is 9.82. The number of hydrogen-bond acceptors (Lipinski definition) is 2. The number of rotatable bonds is 3. The van der Waals surface area contributed by atoms with Crippen LogP contribution < -0.4 is 5.32 Å². The van der Waals surface area contributed by atoms with Gasteiger partial charge >= 0.3 is 0 Å². The molecule has 86 valence electrons. The zero-order chi connectivity index (χ0) is 10.8. The van der Waals surface area contributed by atoms with Crippen LogP contribution in [0.2, 0.25) is 0 Å². The third kappa shape index (κ3) is 5.61. The van der Waals surface area contributed by atoms with E-state index in [0.717, 1.165) is 12.0 Å². The average Bonchev–Trinajstić information content (AvgIpc) is 2.20. The molecule has 2 N–H and O–H groups in total. The summed E-state index contributed by atoms with van der Waals surface area (Å²) >= 11 is 0. The molecule has 2 nitrogen and oxygen atoms in total. The molecule has 2 unspecified atom stereocenters. The summed E-state index contributed by atoms with van der Waals surface area (Å²) < 4.78 is 0. The minimum atomic E-state index is 0.250. The van der Waals surface area contributed by atoms with Gasteiger partial charge in [0.05, 0.1) is 0 Å². The highest BCUT2D eigenvalue weighted by molar-refractivity contribution is 4.79. The van der Waals surface area contributed by atoms with Crippen LogP contribution in [0.4, 0.5) is 0 Å². The van der Waals surface area contributed by atoms with Gasteiger partial charge in [-0.2, -0.15) is 0 Å². The van der Waals surface area contributed by atoms with Crippen molar-refractivity contribution in [3.8, 4) is 0 Å². The lowest BCUT2D eigenvalue weighted by molar-refractivity contribution is 0.258. The highest BCUT2D eigenvalue weighted by Crippen LogP contribution is 2.27. The molecule has 2 atom stereocenters. The van der Waals surface area contributed by atoms with Crippen molar-refractivity contribution in [1.29, 1.82) is 0 Å². The Morgan fingerprint density at radius 2 is 1.79 bits per heavy atom. The molecule has 1 aliphatic rings. The molecule has 1 aliphatic carbocycles. The van der Waals surface area contributed by atoms with Crippen molar-refractivity contribution in [3.63, 3.8) is 0 Å². The third-order valence-corrected chi connectivity index (χ3v) is 2.94. The van der Waals surface area contributed by atoms with Gasteiger partial charge in [-0.05, 0) is 39.2 Å². The summed E-state index contributed by atoms with van der Waals surface area (Å²) in [4.78, 5) is 0. The van der Waals surface area contributed by atoms with Crippen molar-refractivity contribution >= 4 is 0 Å². The summed E-state index contributed by atoms with van der Waals surface area (Å²) in [5.74, 6) is 0.971. The molecule has 0 radical (unpaired) electrons. The first-order valence-corrected chi connectivity index (χ1v) is 6.08. The molecule has 0 aromatic heterocycles. The monoisotopic (exact) mass is 201 g/mol. The Bertz CT molecular complexity index is 115. The molecule has 1 rings (SSSR count). The molecule has 0 saturated heterocycles. The second kappa shape index (κ2) is 9.47. The molecule has 1 saturated carbocycles. The third-order valence-electron chi connectivity index (χ3n) is 2.94. The predicted molar refractivity (Wildman–Crippen MR) is 62.5 cm³/mol. The molecule has 2 heteroatoms. The van der Waals surface area contributed by atoms with Crippen molar-refractivity contribution in [2.24, 2.45) is 5.92 Å². The normalized spacial score (nSPS) is 26.6. The van der Waals surface area contributed by atoms with E-state index < -0.39 is 0 Å². The SMILES string of the molecule is CCCC1CCCCC1NC.CCO. The zero-order valence-electron chi connectivity index (χ0n) is 10.1. The van der Waals surface area contributed by atoms with Gasteiger partial charge in [-0.25, -0.2) is 0 Å². The number of hydrogen-bond donors (Lipinski definition) is 2. The van der Waals surface area contributed by atoms with Gasteiger partial charge in [0.2, 0.25) is 0 Å². The van der Waals surface area contributed by atoms with Crippen molar-refractivity contribution < 1.29 is 5.11 Å². The van der Waals surface area contributed by atoms with E-state index in [1.165, 1.54) is 38.5 Å². The van der Waals surface area contributed by atoms with Crippen molar-refractivity contribution in [3.05, 3.63) is 0 Å². The lowest BCUT2D eigenvalue weighted by Crippen LogP contribution is -2.35. The summed E-state index contributed by atoms with van der Waals surface area (Å²) in [6.45, 7) is 4.22. The zero-order valence-corrected chi connectivity index (χ0v) is 10.1. The van der Waals surface area contributed by atoms with Crippen LogP contribution in [0.1, 0.15) is 52.4 Å². The fraction of sp³-hybridized carbons (Fsp3) is 1.00. The van der Waals surface area contributed by atoms with E-state index in [1.807, 2.05) is 0 Å². The summed E-state index contributed by atoms with van der Waals surface area (Å²) in [5, 5.41) is 11.0. The van der Waals surface area contributed by atoms with E-state index >= 15 is 0 Å². The van der Waals surface area contributed by atoms with E-state index in [4.69, 9.17) is 5.11 Å². The molecule has 0 bridgehead atoms. The van der Waals surface area contributed by atoms with Crippen LogP contribution in [0.15, 0.2) is 0 Å². The van der Waals surface area contributed by atoms with Gasteiger partial charge in [0, 0.05) is 12.6 Å². The first kappa shape index (κ1) is 13.9. The molecule has 0 aromatic carbocycles. The quantitative estimate of drug-likeness (QED) is 0.735. The van der Waals surface area contributed by atoms with E-state index in [-0.39, 0.29) is 6.61 Å². The Morgan fingerprint density at radius 3 is 2.29 bits per heavy atom. The summed E-state index contributed by atoms with van der Waals surface area (Å²) in [5.41, 5.74) is 0. The molecule has 1 fully saturated rings. The second-order valence-electron chi connectivity index (χ2n) is 4.04. The van der Waals surface area contributed by atoms with Gasteiger partial charge in [0.25, 0.3) is 0 Å². The number of aliphatic hydroxyl groups excluding tert-OH is 1. The average molecular weight is 201 g/mol. The van der Waals surface area contributed by atoms with Gasteiger partial charge in [0.1, 0.15) is 0 Å². The smallest absolute Gasteiger partial charge is 0.0402 e. The van der Waals surface area contributed by atoms with Gasteiger partial charge in [-0.3, -0.25) is 0 Å². The van der Waals surface area contributed by atoms with Gasteiger partial charge in [0.15, 0.2) is 0 Å². The molecule has 0 aromatic rings. The number of aliphatic hydroxyl groups is 1. The van der Waals surface area contributed by atoms with Crippen LogP contribution in [-0.4, -0.2) is 24.8 Å². The lowest BCUT2D eigenvalue weighted by Gasteiger charge is -2.31. The minimum Gasteiger partial charge on any atom is -0.397 e. The van der Waals surface area contributed by atoms with E-state index in [9.17, 15) is 0 Å². The highest BCUT2D eigenvalue weighted by atomic mass is 16.2. The van der Waals surface area contributed by atoms with Crippen LogP contribution in [0.3, 0.4) is 0 Å². The van der Waals surface area contributed by atoms with Gasteiger partial charge in [-0.1, -0.05) is 26.2 Å². The van der Waals surface area contributed by atoms with Gasteiger partial charge < -0.3 is 10.4 Å². The summed E-state index contributed by atoms with van der Waals surface area (Å²) in [6.07, 6.45) is 8.53. The van der Waals surface area contributed by atoms with E-state index in [0.29, 0.717) is 0 Å². The van der Waals surface area contributed by atoms with Crippen LogP contribution >= 0.6 is 0 Å². The topological polar surface area (TPSA) is 32.3 Å². The van der Waals surface area contributed by atoms with Crippen LogP contribution in [0, 0.1) is 5.92 Å². The first-order chi connectivity index (χ1) is 6.79. The fourth-order valence-corrected chi connectivity index (χ4v) is 2.30. The molecular weight excluding hydrogens is 174 g/mol. The Labute approximate surface area is 89.1 Å². The van der Waals surface area contributed by atoms with Crippen LogP contribution in [-0.2, 0) is 0 Å². The molecule has 0 spiro atoms. The molecule has 14 heavy (non-hydrogen) atoms. The largest absolute Gasteiger partial charge is 0.397 e. The second-order valence-corrected chi connectivity index (χ2v) is 4.04. The standard InChI is InChI=1S/C10H21N.C2H6O/c1-3-6-9-7-4-5-8-10(9)11-2;1-2-3/h9-11H,3-8H2,1-2H3;3H,2H2,1H3. The Hall–Kier alpha value is -0.0800. The Kier molecular flexibility index (Phi) is 9.42. The Balaban J connectivity index is 0.000000500. The summed E-state index contributed by atoms with van der Waals surface area (Å²) in [6, 6.07) is 0.823. The Morgan fingerprint density at radius 1 is 1.21 bits per heavy atom. The van der Waals surface area contributed by atoms with Crippen LogP contribution in [0.25, 0.3) is 0 Å². The van der Waals surface area contributed by atoms with Crippen molar-refractivity contribution in [2.45, 2.75) is 58.4 Å².